The molecule has 0 radical (unpaired) electrons. The number of esters is 2. The first-order chi connectivity index (χ1) is 27.8. The van der Waals surface area contributed by atoms with E-state index in [1.54, 1.807) is 12.1 Å². The van der Waals surface area contributed by atoms with Crippen molar-refractivity contribution in [2.45, 2.75) is 132 Å². The Morgan fingerprint density at radius 2 is 1.38 bits per heavy atom. The number of aliphatic carboxylic acids is 1. The van der Waals surface area contributed by atoms with Crippen LogP contribution < -0.4 is 4.98 Å². The third kappa shape index (κ3) is 12.6. The Balaban J connectivity index is 0.000000849. The van der Waals surface area contributed by atoms with Crippen LogP contribution in [0.3, 0.4) is 0 Å². The fourth-order valence-electron chi connectivity index (χ4n) is 9.38. The number of aromatic carboxylic acids is 1. The van der Waals surface area contributed by atoms with Crippen LogP contribution >= 0.6 is 0 Å². The van der Waals surface area contributed by atoms with Crippen LogP contribution in [0.15, 0.2) is 58.6 Å². The van der Waals surface area contributed by atoms with E-state index in [0.29, 0.717) is 75.3 Å². The molecule has 4 unspecified atom stereocenters. The second-order valence-electron chi connectivity index (χ2n) is 17.1. The number of rotatable bonds is 14. The molecule has 14 heteroatoms. The summed E-state index contributed by atoms with van der Waals surface area (Å²) in [5, 5.41) is 26.8. The molecule has 0 amide bonds. The summed E-state index contributed by atoms with van der Waals surface area (Å²) in [4.78, 5) is 67.2. The van der Waals surface area contributed by atoms with Gasteiger partial charge >= 0.3 is 23.9 Å². The quantitative estimate of drug-likeness (QED) is 0.0536. The zero-order chi connectivity index (χ0) is 43.7. The molecule has 4 atom stereocenters. The minimum atomic E-state index is -0.990. The number of aromatic nitrogens is 2. The van der Waals surface area contributed by atoms with E-state index in [4.69, 9.17) is 29.8 Å². The molecule has 5 rings (SSSR count). The number of carbonyl (C=O) groups is 4. The van der Waals surface area contributed by atoms with Crippen LogP contribution in [0.4, 0.5) is 0 Å². The number of ether oxygens (including phenoxy) is 2. The Morgan fingerprint density at radius 1 is 0.833 bits per heavy atom. The van der Waals surface area contributed by atoms with E-state index in [-0.39, 0.29) is 86.1 Å². The van der Waals surface area contributed by atoms with Crippen LogP contribution in [0.2, 0.25) is 0 Å². The van der Waals surface area contributed by atoms with Gasteiger partial charge in [-0.2, -0.15) is 0 Å². The first-order valence-electron chi connectivity index (χ1n) is 20.8. The molecule has 2 saturated carbocycles. The van der Waals surface area contributed by atoms with Crippen LogP contribution in [0, 0.1) is 42.4 Å². The minimum Gasteiger partial charge on any atom is -0.660 e. The molecule has 2 fully saturated rings. The molecule has 0 spiro atoms. The van der Waals surface area contributed by atoms with Gasteiger partial charge in [-0.1, -0.05) is 59.8 Å². The van der Waals surface area contributed by atoms with Gasteiger partial charge in [-0.05, 0) is 125 Å². The van der Waals surface area contributed by atoms with Gasteiger partial charge in [-0.15, -0.1) is 11.4 Å². The molecule has 60 heavy (non-hydrogen) atoms. The van der Waals surface area contributed by atoms with Crippen molar-refractivity contribution in [3.8, 4) is 0 Å². The van der Waals surface area contributed by atoms with Gasteiger partial charge in [-0.3, -0.25) is 9.79 Å². The predicted octanol–water partition coefficient (Wildman–Crippen LogP) is 9.26. The summed E-state index contributed by atoms with van der Waals surface area (Å²) in [6.07, 6.45) is 6.03. The molecule has 0 aromatic carbocycles. The van der Waals surface area contributed by atoms with Gasteiger partial charge in [0.15, 0.2) is 0 Å². The number of aryl methyl sites for hydroxylation is 1. The van der Waals surface area contributed by atoms with Gasteiger partial charge in [0.05, 0.1) is 17.0 Å². The van der Waals surface area contributed by atoms with Crippen LogP contribution in [0.25, 0.3) is 5.57 Å². The second-order valence-corrected chi connectivity index (χ2v) is 17.1. The second kappa shape index (κ2) is 22.4. The maximum Gasteiger partial charge on any atom is 0.354 e. The van der Waals surface area contributed by atoms with Gasteiger partial charge in [0.25, 0.3) is 0 Å². The molecule has 2 aromatic rings. The summed E-state index contributed by atoms with van der Waals surface area (Å²) in [7, 11) is 0. The normalized spacial score (nSPS) is 25.8. The summed E-state index contributed by atoms with van der Waals surface area (Å²) in [5.74, 6) is -0.638. The molecule has 3 N–H and O–H groups in total. The zero-order valence-corrected chi connectivity index (χ0v) is 39.7. The fourth-order valence-corrected chi connectivity index (χ4v) is 9.38. The Kier molecular flexibility index (Phi) is 18.7. The monoisotopic (exact) mass is 880 g/mol. The first-order valence-corrected chi connectivity index (χ1v) is 20.8. The Labute approximate surface area is 366 Å². The van der Waals surface area contributed by atoms with Crippen molar-refractivity contribution in [1.82, 2.24) is 9.97 Å². The summed E-state index contributed by atoms with van der Waals surface area (Å²) < 4.78 is 12.4. The third-order valence-electron chi connectivity index (χ3n) is 11.9. The molecule has 3 heterocycles. The molecule has 0 bridgehead atoms. The molecule has 324 valence electrons. The summed E-state index contributed by atoms with van der Waals surface area (Å²) in [6, 6.07) is 4.76. The molecule has 2 aromatic heterocycles. The smallest absolute Gasteiger partial charge is 0.354 e. The van der Waals surface area contributed by atoms with Crippen molar-refractivity contribution in [3.05, 3.63) is 81.8 Å². The number of carboxylic acids is 2. The van der Waals surface area contributed by atoms with Crippen LogP contribution in [-0.2, 0) is 49.8 Å². The van der Waals surface area contributed by atoms with E-state index >= 15 is 0 Å². The van der Waals surface area contributed by atoms with Gasteiger partial charge in [0.1, 0.15) is 23.7 Å². The summed E-state index contributed by atoms with van der Waals surface area (Å²) in [5.41, 5.74) is 4.90. The Morgan fingerprint density at radius 3 is 1.85 bits per heavy atom. The first kappa shape index (κ1) is 49.9. The molecule has 0 saturated heterocycles. The molecule has 3 aliphatic rings. The number of hydrogen-bond donors (Lipinski definition) is 3. The largest absolute Gasteiger partial charge is 0.660 e. The maximum atomic E-state index is 14.0. The SMILES string of the molecule is C=C(CCc1[n-]c(/C(C)=C2\N=C(CCCC(=O)O)C(C(=O)OC3C(C)CC(C)CC3C)=C2C)c(C)c1C(=O)OC1C(C)CC(C)CC1C)OO.O=C(O)c1ccccn1.[Zn]. The van der Waals surface area contributed by atoms with Crippen LogP contribution in [0.1, 0.15) is 145 Å². The molecule has 1 aliphatic heterocycles. The summed E-state index contributed by atoms with van der Waals surface area (Å²) in [6.45, 7) is 22.2. The van der Waals surface area contributed by atoms with Crippen LogP contribution in [0.5, 0.6) is 0 Å². The van der Waals surface area contributed by atoms with Crippen molar-refractivity contribution >= 4 is 35.2 Å². The number of carbonyl (C=O) groups excluding carboxylic acids is 2. The predicted molar refractivity (Wildman–Crippen MR) is 224 cm³/mol. The van der Waals surface area contributed by atoms with Gasteiger partial charge in [0.2, 0.25) is 0 Å². The minimum absolute atomic E-state index is 0. The molecular weight excluding hydrogens is 820 g/mol. The maximum absolute atomic E-state index is 14.0. The number of hydrogen-bond acceptors (Lipinski definition) is 10. The number of pyridine rings is 1. The van der Waals surface area contributed by atoms with Crippen molar-refractivity contribution < 1.29 is 68.5 Å². The fraction of sp³-hybridized carbons (Fsp3) is 0.565. The van der Waals surface area contributed by atoms with E-state index in [2.05, 4.69) is 58.0 Å². The summed E-state index contributed by atoms with van der Waals surface area (Å²) >= 11 is 0. The third-order valence-corrected chi connectivity index (χ3v) is 11.9. The number of aliphatic imine (C=N–C) groups is 1. The molecule has 2 aliphatic carbocycles. The zero-order valence-electron chi connectivity index (χ0n) is 36.7. The Bertz CT molecular complexity index is 1940. The topological polar surface area (TPSA) is 196 Å². The Hall–Kier alpha value is -4.42. The van der Waals surface area contributed by atoms with Crippen molar-refractivity contribution in [1.29, 1.82) is 0 Å². The molecular formula is C46H62N3O10Zn-. The van der Waals surface area contributed by atoms with Crippen molar-refractivity contribution in [3.63, 3.8) is 0 Å². The van der Waals surface area contributed by atoms with E-state index in [1.807, 2.05) is 20.8 Å². The average molecular weight is 882 g/mol. The van der Waals surface area contributed by atoms with E-state index in [1.165, 1.54) is 12.3 Å². The number of carboxylic acid groups (broad SMARTS) is 2. The van der Waals surface area contributed by atoms with Gasteiger partial charge < -0.3 is 29.6 Å². The molecule has 13 nitrogen and oxygen atoms in total. The van der Waals surface area contributed by atoms with Crippen molar-refractivity contribution in [2.24, 2.45) is 40.5 Å². The van der Waals surface area contributed by atoms with E-state index in [9.17, 15) is 24.3 Å². The number of nitrogens with zero attached hydrogens (tertiary/aromatic N) is 3. The van der Waals surface area contributed by atoms with Gasteiger partial charge in [-0.25, -0.2) is 24.6 Å². The average Bonchev–Trinajstić information content (AvgIpc) is 3.68. The van der Waals surface area contributed by atoms with Crippen LogP contribution in [-0.4, -0.2) is 62.3 Å². The standard InChI is InChI=1S/C40H58N2O8.C6H5NO2.Zn/c1-20-16-22(3)37(23(4)17-20)48-39(45)33-27(8)35(41-30(33)12-11-13-32(43)44)29(10)36-28(9)34(31(42-36)15-14-26(7)50-47)40(46)49-38-24(5)18-21(2)19-25(38)6;8-6(9)5-3-1-2-4-7-5;/h20-25,37-38H,7,11-19H2,1-6,8-10H3,(H3,41,42,43,44,45,46,47);1-4H,(H,8,9);/p-1. The van der Waals surface area contributed by atoms with Crippen molar-refractivity contribution in [2.75, 3.05) is 0 Å². The van der Waals surface area contributed by atoms with Gasteiger partial charge in [0, 0.05) is 44.1 Å². The van der Waals surface area contributed by atoms with E-state index < -0.39 is 23.9 Å². The van der Waals surface area contributed by atoms with E-state index in [0.717, 1.165) is 25.7 Å². The number of allylic oxidation sites excluding steroid dienone is 3.